The maximum absolute atomic E-state index is 12.9. The second kappa shape index (κ2) is 7.15. The van der Waals surface area contributed by atoms with E-state index < -0.39 is 21.0 Å². The lowest BCUT2D eigenvalue weighted by molar-refractivity contribution is 0.134. The third-order valence-corrected chi connectivity index (χ3v) is 6.87. The first-order valence-electron chi connectivity index (χ1n) is 8.65. The van der Waals surface area contributed by atoms with Gasteiger partial charge in [-0.1, -0.05) is 47.7 Å². The van der Waals surface area contributed by atoms with Crippen LogP contribution in [-0.2, 0) is 26.1 Å². The fourth-order valence-electron chi connectivity index (χ4n) is 3.28. The number of sulfone groups is 1. The lowest BCUT2D eigenvalue weighted by Gasteiger charge is -2.28. The van der Waals surface area contributed by atoms with Crippen molar-refractivity contribution in [2.45, 2.75) is 11.5 Å². The van der Waals surface area contributed by atoms with Gasteiger partial charge in [0.1, 0.15) is 0 Å². The Bertz CT molecular complexity index is 1270. The lowest BCUT2D eigenvalue weighted by atomic mass is 9.97. The fraction of sp³-hybridized carbons (Fsp3) is 0.167. The first-order valence-corrected chi connectivity index (χ1v) is 11.4. The summed E-state index contributed by atoms with van der Waals surface area (Å²) in [6.07, 6.45) is 0.107. The van der Waals surface area contributed by atoms with Crippen molar-refractivity contribution in [2.24, 2.45) is 10.8 Å². The standard InChI is InChI=1S/C18H17N5O5S2/c1-30(26,27)18(23-22-15(19)28-18)13-11(9-10-5-3-2-4-6-10)7-8-12-14(13)20-16(29-12)21-17(24)25/h2-8,23H,9H2,1H3,(H2,19,22)(H,20,21)(H,24,25). The number of amidine groups is 1. The maximum Gasteiger partial charge on any atom is 0.410 e. The van der Waals surface area contributed by atoms with E-state index in [0.717, 1.165) is 23.2 Å². The van der Waals surface area contributed by atoms with Crippen molar-refractivity contribution < 1.29 is 23.1 Å². The van der Waals surface area contributed by atoms with E-state index in [1.807, 2.05) is 30.3 Å². The molecule has 12 heteroatoms. The smallest absolute Gasteiger partial charge is 0.410 e. The molecule has 156 valence electrons. The van der Waals surface area contributed by atoms with E-state index in [4.69, 9.17) is 15.6 Å². The fourth-order valence-corrected chi connectivity index (χ4v) is 5.19. The number of anilines is 1. The monoisotopic (exact) mass is 447 g/mol. The predicted molar refractivity (Wildman–Crippen MR) is 113 cm³/mol. The first kappa shape index (κ1) is 19.9. The predicted octanol–water partition coefficient (Wildman–Crippen LogP) is 1.98. The minimum absolute atomic E-state index is 0.103. The number of hydrogen-bond donors (Lipinski definition) is 4. The molecule has 2 heterocycles. The molecule has 1 aliphatic heterocycles. The summed E-state index contributed by atoms with van der Waals surface area (Å²) in [4.78, 5) is 15.4. The zero-order valence-corrected chi connectivity index (χ0v) is 17.3. The largest absolute Gasteiger partial charge is 0.465 e. The molecule has 0 bridgehead atoms. The number of hydrazone groups is 1. The van der Waals surface area contributed by atoms with Crippen molar-refractivity contribution in [2.75, 3.05) is 11.6 Å². The molecule has 0 fully saturated rings. The van der Waals surface area contributed by atoms with Gasteiger partial charge in [-0.25, -0.2) is 23.6 Å². The van der Waals surface area contributed by atoms with Gasteiger partial charge >= 0.3 is 17.2 Å². The molecular weight excluding hydrogens is 430 g/mol. The van der Waals surface area contributed by atoms with Crippen LogP contribution in [0.25, 0.3) is 10.2 Å². The Kier molecular flexibility index (Phi) is 4.74. The van der Waals surface area contributed by atoms with E-state index in [2.05, 4.69) is 20.8 Å². The van der Waals surface area contributed by atoms with Crippen molar-refractivity contribution in [1.29, 1.82) is 0 Å². The topological polar surface area (TPSA) is 156 Å². The van der Waals surface area contributed by atoms with Gasteiger partial charge in [-0.15, -0.1) is 5.10 Å². The summed E-state index contributed by atoms with van der Waals surface area (Å²) < 4.78 is 31.9. The summed E-state index contributed by atoms with van der Waals surface area (Å²) in [6.45, 7) is 0. The number of amides is 1. The number of thiazole rings is 1. The Balaban J connectivity index is 1.98. The molecular formula is C18H17N5O5S2. The highest BCUT2D eigenvalue weighted by Crippen LogP contribution is 2.41. The molecule has 3 aromatic rings. The van der Waals surface area contributed by atoms with Gasteiger partial charge in [0.2, 0.25) is 9.84 Å². The van der Waals surface area contributed by atoms with Crippen LogP contribution < -0.4 is 16.5 Å². The Morgan fingerprint density at radius 2 is 2.03 bits per heavy atom. The van der Waals surface area contributed by atoms with Gasteiger partial charge < -0.3 is 15.6 Å². The van der Waals surface area contributed by atoms with Gasteiger partial charge in [0.25, 0.3) is 0 Å². The zero-order chi connectivity index (χ0) is 21.5. The SMILES string of the molecule is CS(=O)(=O)C1(c2c(Cc3ccccc3)ccc3sc(NC(=O)O)nc23)NN=C(N)O1. The number of ether oxygens (including phenoxy) is 1. The lowest BCUT2D eigenvalue weighted by Crippen LogP contribution is -2.47. The number of rotatable bonds is 5. The summed E-state index contributed by atoms with van der Waals surface area (Å²) in [6, 6.07) is 12.7. The summed E-state index contributed by atoms with van der Waals surface area (Å²) >= 11 is 1.07. The molecule has 4 rings (SSSR count). The average molecular weight is 447 g/mol. The Labute approximate surface area is 175 Å². The van der Waals surface area contributed by atoms with E-state index >= 15 is 0 Å². The van der Waals surface area contributed by atoms with Crippen LogP contribution in [-0.4, -0.2) is 36.9 Å². The van der Waals surface area contributed by atoms with Crippen molar-refractivity contribution in [3.63, 3.8) is 0 Å². The highest BCUT2D eigenvalue weighted by molar-refractivity contribution is 7.91. The van der Waals surface area contributed by atoms with Crippen molar-refractivity contribution in [3.8, 4) is 0 Å². The average Bonchev–Trinajstić information content (AvgIpc) is 3.25. The molecule has 1 aromatic heterocycles. The van der Waals surface area contributed by atoms with Crippen LogP contribution in [0.4, 0.5) is 9.93 Å². The van der Waals surface area contributed by atoms with Gasteiger partial charge in [0, 0.05) is 6.26 Å². The minimum atomic E-state index is -3.97. The third-order valence-electron chi connectivity index (χ3n) is 4.51. The summed E-state index contributed by atoms with van der Waals surface area (Å²) in [5.41, 5.74) is 10.2. The van der Waals surface area contributed by atoms with E-state index in [1.165, 1.54) is 0 Å². The number of benzene rings is 2. The molecule has 1 unspecified atom stereocenters. The summed E-state index contributed by atoms with van der Waals surface area (Å²) in [7, 11) is -3.97. The summed E-state index contributed by atoms with van der Waals surface area (Å²) in [5.74, 6) is 0. The molecule has 1 atom stereocenters. The number of aromatic nitrogens is 1. The molecule has 0 radical (unpaired) electrons. The molecule has 10 nitrogen and oxygen atoms in total. The number of nitrogens with two attached hydrogens (primary N) is 1. The van der Waals surface area contributed by atoms with Crippen LogP contribution in [0, 0.1) is 0 Å². The number of fused-ring (bicyclic) bond motifs is 1. The van der Waals surface area contributed by atoms with E-state index in [9.17, 15) is 13.2 Å². The Hall–Kier alpha value is -3.38. The molecule has 30 heavy (non-hydrogen) atoms. The van der Waals surface area contributed by atoms with Gasteiger partial charge in [0.15, 0.2) is 5.13 Å². The number of carboxylic acid groups (broad SMARTS) is 1. The third kappa shape index (κ3) is 3.39. The first-order chi connectivity index (χ1) is 14.2. The molecule has 0 spiro atoms. The van der Waals surface area contributed by atoms with Crippen LogP contribution in [0.15, 0.2) is 47.6 Å². The Morgan fingerprint density at radius 1 is 1.30 bits per heavy atom. The second-order valence-corrected chi connectivity index (χ2v) is 9.76. The quantitative estimate of drug-likeness (QED) is 0.462. The van der Waals surface area contributed by atoms with E-state index in [1.54, 1.807) is 12.1 Å². The van der Waals surface area contributed by atoms with Gasteiger partial charge in [-0.3, -0.25) is 5.32 Å². The number of hydrogen-bond acceptors (Lipinski definition) is 9. The maximum atomic E-state index is 12.9. The van der Waals surface area contributed by atoms with Crippen molar-refractivity contribution in [1.82, 2.24) is 10.4 Å². The number of nitrogens with zero attached hydrogens (tertiary/aromatic N) is 2. The van der Waals surface area contributed by atoms with Crippen LogP contribution in [0.5, 0.6) is 0 Å². The Morgan fingerprint density at radius 3 is 2.63 bits per heavy atom. The highest BCUT2D eigenvalue weighted by atomic mass is 32.2. The van der Waals surface area contributed by atoms with E-state index in [-0.39, 0.29) is 22.2 Å². The van der Waals surface area contributed by atoms with Crippen molar-refractivity contribution in [3.05, 3.63) is 59.2 Å². The van der Waals surface area contributed by atoms with Crippen LogP contribution in [0.2, 0.25) is 0 Å². The summed E-state index contributed by atoms with van der Waals surface area (Å²) in [5, 5.41) is 13.0. The van der Waals surface area contributed by atoms with Crippen LogP contribution in [0.3, 0.4) is 0 Å². The molecule has 0 aliphatic carbocycles. The van der Waals surface area contributed by atoms with Gasteiger partial charge in [0.05, 0.1) is 15.8 Å². The van der Waals surface area contributed by atoms with E-state index in [0.29, 0.717) is 16.7 Å². The molecule has 5 N–H and O–H groups in total. The molecule has 1 amide bonds. The molecule has 0 saturated heterocycles. The molecule has 1 aliphatic rings. The van der Waals surface area contributed by atoms with Crippen LogP contribution >= 0.6 is 11.3 Å². The highest BCUT2D eigenvalue weighted by Gasteiger charge is 2.52. The zero-order valence-electron chi connectivity index (χ0n) is 15.6. The normalized spacial score (nSPS) is 18.5. The van der Waals surface area contributed by atoms with Crippen molar-refractivity contribution >= 4 is 48.6 Å². The number of nitrogens with one attached hydrogen (secondary N) is 2. The number of carbonyl (C=O) groups is 1. The molecule has 0 saturated carbocycles. The van der Waals surface area contributed by atoms with Gasteiger partial charge in [-0.05, 0) is 23.6 Å². The van der Waals surface area contributed by atoms with Crippen LogP contribution in [0.1, 0.15) is 16.7 Å². The molecule has 2 aromatic carbocycles. The second-order valence-electron chi connectivity index (χ2n) is 6.61. The minimum Gasteiger partial charge on any atom is -0.465 e. The van der Waals surface area contributed by atoms with Gasteiger partial charge in [-0.2, -0.15) is 0 Å².